The first-order valence-corrected chi connectivity index (χ1v) is 4.79. The molecule has 1 aromatic heterocycles. The normalized spacial score (nSPS) is 10.3. The van der Waals surface area contributed by atoms with Crippen LogP contribution in [0, 0.1) is 6.92 Å². The van der Waals surface area contributed by atoms with Crippen LogP contribution in [0.1, 0.15) is 16.1 Å². The van der Waals surface area contributed by atoms with Gasteiger partial charge >= 0.3 is 0 Å². The molecule has 3 nitrogen and oxygen atoms in total. The highest BCUT2D eigenvalue weighted by Crippen LogP contribution is 2.23. The van der Waals surface area contributed by atoms with Crippen LogP contribution in [0.5, 0.6) is 0 Å². The van der Waals surface area contributed by atoms with E-state index in [0.29, 0.717) is 5.76 Å². The molecular formula is C11H8ClNO2. The Morgan fingerprint density at radius 3 is 2.73 bits per heavy atom. The van der Waals surface area contributed by atoms with Gasteiger partial charge in [-0.15, -0.1) is 0 Å². The van der Waals surface area contributed by atoms with Gasteiger partial charge in [0.1, 0.15) is 0 Å². The fourth-order valence-corrected chi connectivity index (χ4v) is 1.43. The molecule has 76 valence electrons. The minimum atomic E-state index is -0.612. The summed E-state index contributed by atoms with van der Waals surface area (Å²) >= 11 is 5.28. The predicted molar refractivity (Wildman–Crippen MR) is 56.9 cm³/mol. The minimum absolute atomic E-state index is 0.134. The molecule has 0 aliphatic carbocycles. The van der Waals surface area contributed by atoms with Crippen LogP contribution in [-0.2, 0) is 0 Å². The summed E-state index contributed by atoms with van der Waals surface area (Å²) in [5.41, 5.74) is 2.10. The van der Waals surface area contributed by atoms with Gasteiger partial charge in [0.15, 0.2) is 11.5 Å². The van der Waals surface area contributed by atoms with E-state index in [9.17, 15) is 4.79 Å². The Morgan fingerprint density at radius 1 is 1.40 bits per heavy atom. The standard InChI is InChI=1S/C11H8ClNO2/c1-7-4-2-3-5-8(7)10-6-9(11(12)14)13-15-10/h2-6H,1H3. The molecular weight excluding hydrogens is 214 g/mol. The van der Waals surface area contributed by atoms with Gasteiger partial charge in [-0.05, 0) is 24.1 Å². The zero-order valence-corrected chi connectivity index (χ0v) is 8.78. The summed E-state index contributed by atoms with van der Waals surface area (Å²) < 4.78 is 5.04. The van der Waals surface area contributed by atoms with Gasteiger partial charge in [0, 0.05) is 11.6 Å². The Labute approximate surface area is 91.6 Å². The van der Waals surface area contributed by atoms with Gasteiger partial charge in [-0.3, -0.25) is 4.79 Å². The molecule has 15 heavy (non-hydrogen) atoms. The summed E-state index contributed by atoms with van der Waals surface area (Å²) in [6, 6.07) is 9.23. The van der Waals surface area contributed by atoms with Crippen LogP contribution in [0.25, 0.3) is 11.3 Å². The van der Waals surface area contributed by atoms with Crippen molar-refractivity contribution < 1.29 is 9.32 Å². The van der Waals surface area contributed by atoms with Gasteiger partial charge in [0.25, 0.3) is 5.24 Å². The molecule has 2 rings (SSSR count). The molecule has 0 N–H and O–H groups in total. The summed E-state index contributed by atoms with van der Waals surface area (Å²) in [6.07, 6.45) is 0. The van der Waals surface area contributed by atoms with Crippen molar-refractivity contribution in [2.45, 2.75) is 6.92 Å². The van der Waals surface area contributed by atoms with Gasteiger partial charge in [-0.1, -0.05) is 29.4 Å². The maximum atomic E-state index is 10.8. The zero-order chi connectivity index (χ0) is 10.8. The van der Waals surface area contributed by atoms with Crippen LogP contribution < -0.4 is 0 Å². The Kier molecular flexibility index (Phi) is 2.56. The molecule has 4 heteroatoms. The van der Waals surface area contributed by atoms with E-state index in [1.54, 1.807) is 0 Å². The first kappa shape index (κ1) is 9.93. The third kappa shape index (κ3) is 1.92. The van der Waals surface area contributed by atoms with Gasteiger partial charge in [-0.25, -0.2) is 0 Å². The van der Waals surface area contributed by atoms with Crippen LogP contribution >= 0.6 is 11.6 Å². The fourth-order valence-electron chi connectivity index (χ4n) is 1.34. The van der Waals surface area contributed by atoms with E-state index in [4.69, 9.17) is 16.1 Å². The SMILES string of the molecule is Cc1ccccc1-c1cc(C(=O)Cl)no1. The average Bonchev–Trinajstić information content (AvgIpc) is 2.67. The van der Waals surface area contributed by atoms with Crippen LogP contribution in [0.3, 0.4) is 0 Å². The molecule has 1 heterocycles. The lowest BCUT2D eigenvalue weighted by Gasteiger charge is -1.98. The van der Waals surface area contributed by atoms with Gasteiger partial charge < -0.3 is 4.52 Å². The van der Waals surface area contributed by atoms with Gasteiger partial charge in [-0.2, -0.15) is 0 Å². The Hall–Kier alpha value is -1.61. The van der Waals surface area contributed by atoms with Crippen LogP contribution in [0.2, 0.25) is 0 Å². The number of carbonyl (C=O) groups is 1. The molecule has 0 radical (unpaired) electrons. The molecule has 0 aliphatic rings. The number of benzene rings is 1. The number of rotatable bonds is 2. The highest BCUT2D eigenvalue weighted by atomic mass is 35.5. The molecule has 0 saturated carbocycles. The molecule has 1 aromatic carbocycles. The van der Waals surface area contributed by atoms with Crippen molar-refractivity contribution in [3.8, 4) is 11.3 Å². The summed E-state index contributed by atoms with van der Waals surface area (Å²) in [5.74, 6) is 0.553. The first-order chi connectivity index (χ1) is 7.18. The summed E-state index contributed by atoms with van der Waals surface area (Å²) in [4.78, 5) is 10.8. The topological polar surface area (TPSA) is 43.1 Å². The largest absolute Gasteiger partial charge is 0.356 e. The average molecular weight is 222 g/mol. The Bertz CT molecular complexity index is 505. The highest BCUT2D eigenvalue weighted by molar-refractivity contribution is 6.67. The summed E-state index contributed by atoms with van der Waals surface area (Å²) in [6.45, 7) is 1.96. The second-order valence-corrected chi connectivity index (χ2v) is 3.51. The van der Waals surface area contributed by atoms with E-state index >= 15 is 0 Å². The lowest BCUT2D eigenvalue weighted by Crippen LogP contribution is -1.85. The Morgan fingerprint density at radius 2 is 2.13 bits per heavy atom. The number of aromatic nitrogens is 1. The number of hydrogen-bond donors (Lipinski definition) is 0. The van der Waals surface area contributed by atoms with Crippen molar-refractivity contribution in [2.75, 3.05) is 0 Å². The van der Waals surface area contributed by atoms with E-state index in [1.165, 1.54) is 6.07 Å². The molecule has 0 unspecified atom stereocenters. The van der Waals surface area contributed by atoms with E-state index in [0.717, 1.165) is 11.1 Å². The molecule has 0 atom stereocenters. The maximum absolute atomic E-state index is 10.8. The highest BCUT2D eigenvalue weighted by Gasteiger charge is 2.12. The van der Waals surface area contributed by atoms with Crippen LogP contribution in [-0.4, -0.2) is 10.4 Å². The lowest BCUT2D eigenvalue weighted by molar-refractivity contribution is 0.107. The van der Waals surface area contributed by atoms with E-state index in [-0.39, 0.29) is 5.69 Å². The summed E-state index contributed by atoms with van der Waals surface area (Å²) in [5, 5.41) is 2.96. The number of nitrogens with zero attached hydrogens (tertiary/aromatic N) is 1. The van der Waals surface area contributed by atoms with Crippen molar-refractivity contribution in [3.63, 3.8) is 0 Å². The second kappa shape index (κ2) is 3.87. The monoisotopic (exact) mass is 221 g/mol. The predicted octanol–water partition coefficient (Wildman–Crippen LogP) is 3.03. The van der Waals surface area contributed by atoms with E-state index in [1.807, 2.05) is 31.2 Å². The lowest BCUT2D eigenvalue weighted by atomic mass is 10.1. The van der Waals surface area contributed by atoms with Crippen molar-refractivity contribution in [1.29, 1.82) is 0 Å². The smallest absolute Gasteiger partial charge is 0.274 e. The second-order valence-electron chi connectivity index (χ2n) is 3.17. The Balaban J connectivity index is 2.46. The van der Waals surface area contributed by atoms with E-state index in [2.05, 4.69) is 5.16 Å². The maximum Gasteiger partial charge on any atom is 0.274 e. The zero-order valence-electron chi connectivity index (χ0n) is 8.03. The van der Waals surface area contributed by atoms with Crippen molar-refractivity contribution in [2.24, 2.45) is 0 Å². The van der Waals surface area contributed by atoms with Crippen molar-refractivity contribution in [1.82, 2.24) is 5.16 Å². The molecule has 0 fully saturated rings. The fraction of sp³-hybridized carbons (Fsp3) is 0.0909. The number of aryl methyl sites for hydroxylation is 1. The third-order valence-corrected chi connectivity index (χ3v) is 2.32. The van der Waals surface area contributed by atoms with E-state index < -0.39 is 5.24 Å². The first-order valence-electron chi connectivity index (χ1n) is 4.41. The number of halogens is 1. The van der Waals surface area contributed by atoms with Crippen molar-refractivity contribution in [3.05, 3.63) is 41.6 Å². The number of hydrogen-bond acceptors (Lipinski definition) is 3. The van der Waals surface area contributed by atoms with Gasteiger partial charge in [0.2, 0.25) is 0 Å². The number of carbonyl (C=O) groups excluding carboxylic acids is 1. The van der Waals surface area contributed by atoms with Crippen LogP contribution in [0.15, 0.2) is 34.9 Å². The van der Waals surface area contributed by atoms with Gasteiger partial charge in [0.05, 0.1) is 0 Å². The summed E-state index contributed by atoms with van der Waals surface area (Å²) in [7, 11) is 0. The molecule has 0 saturated heterocycles. The molecule has 0 aliphatic heterocycles. The molecule has 0 bridgehead atoms. The molecule has 2 aromatic rings. The quantitative estimate of drug-likeness (QED) is 0.732. The minimum Gasteiger partial charge on any atom is -0.356 e. The molecule has 0 spiro atoms. The third-order valence-electron chi connectivity index (χ3n) is 2.12. The van der Waals surface area contributed by atoms with Crippen LogP contribution in [0.4, 0.5) is 0 Å². The molecule has 0 amide bonds. The van der Waals surface area contributed by atoms with Crippen molar-refractivity contribution >= 4 is 16.8 Å².